The van der Waals surface area contributed by atoms with E-state index < -0.39 is 0 Å². The Kier molecular flexibility index (Phi) is 5.28. The van der Waals surface area contributed by atoms with E-state index in [9.17, 15) is 4.79 Å². The largest absolute Gasteiger partial charge is 0.351 e. The van der Waals surface area contributed by atoms with Crippen molar-refractivity contribution in [3.8, 4) is 0 Å². The van der Waals surface area contributed by atoms with Crippen LogP contribution < -0.4 is 5.32 Å². The number of hydrogen-bond donors (Lipinski definition) is 1. The number of benzene rings is 1. The molecule has 1 amide bonds. The maximum atomic E-state index is 11.9. The Labute approximate surface area is 133 Å². The molecule has 2 nitrogen and oxygen atoms in total. The van der Waals surface area contributed by atoms with Crippen LogP contribution in [-0.2, 0) is 17.8 Å². The van der Waals surface area contributed by atoms with Crippen molar-refractivity contribution in [3.05, 3.63) is 54.6 Å². The van der Waals surface area contributed by atoms with Crippen LogP contribution in [0.4, 0.5) is 0 Å². The lowest BCUT2D eigenvalue weighted by molar-refractivity contribution is -0.120. The molecule has 0 bridgehead atoms. The highest BCUT2D eigenvalue weighted by Crippen LogP contribution is 2.25. The lowest BCUT2D eigenvalue weighted by atomic mass is 10.1. The molecule has 0 spiro atoms. The summed E-state index contributed by atoms with van der Waals surface area (Å²) in [6, 6.07) is 9.14. The monoisotopic (exact) mass is 377 g/mol. The minimum Gasteiger partial charge on any atom is -0.351 e. The average molecular weight is 379 g/mol. The first-order chi connectivity index (χ1) is 9.06. The summed E-state index contributed by atoms with van der Waals surface area (Å²) in [5, 5.41) is 3.88. The standard InChI is InChI=1S/C13H10BrCl2NOS/c14-12-5-4-8(19-12)7-17-13(18)6-9-10(15)2-1-3-11(9)16/h1-5H,6-7H2,(H,17,18). The number of rotatable bonds is 4. The second kappa shape index (κ2) is 6.75. The van der Waals surface area contributed by atoms with Gasteiger partial charge in [0, 0.05) is 14.9 Å². The summed E-state index contributed by atoms with van der Waals surface area (Å²) in [6.45, 7) is 0.511. The van der Waals surface area contributed by atoms with Crippen LogP contribution in [-0.4, -0.2) is 5.91 Å². The smallest absolute Gasteiger partial charge is 0.224 e. The molecule has 1 N–H and O–H groups in total. The van der Waals surface area contributed by atoms with Crippen LogP contribution in [0.3, 0.4) is 0 Å². The summed E-state index contributed by atoms with van der Waals surface area (Å²) in [7, 11) is 0. The molecule has 0 radical (unpaired) electrons. The molecule has 0 aliphatic heterocycles. The zero-order valence-electron chi connectivity index (χ0n) is 9.75. The molecular weight excluding hydrogens is 369 g/mol. The van der Waals surface area contributed by atoms with Gasteiger partial charge in [-0.3, -0.25) is 4.79 Å². The van der Waals surface area contributed by atoms with Crippen molar-refractivity contribution in [1.29, 1.82) is 0 Å². The second-order valence-electron chi connectivity index (χ2n) is 3.86. The predicted molar refractivity (Wildman–Crippen MR) is 84.0 cm³/mol. The molecule has 0 fully saturated rings. The topological polar surface area (TPSA) is 29.1 Å². The first kappa shape index (κ1) is 14.9. The number of nitrogens with one attached hydrogen (secondary N) is 1. The van der Waals surface area contributed by atoms with Crippen molar-refractivity contribution in [3.63, 3.8) is 0 Å². The van der Waals surface area contributed by atoms with E-state index in [0.717, 1.165) is 8.66 Å². The third kappa shape index (κ3) is 4.21. The molecule has 1 aromatic heterocycles. The van der Waals surface area contributed by atoms with Crippen molar-refractivity contribution >= 4 is 56.4 Å². The number of carbonyl (C=O) groups is 1. The van der Waals surface area contributed by atoms with Crippen molar-refractivity contribution in [2.24, 2.45) is 0 Å². The Morgan fingerprint density at radius 3 is 2.47 bits per heavy atom. The molecule has 1 aromatic carbocycles. The molecule has 6 heteroatoms. The van der Waals surface area contributed by atoms with Crippen molar-refractivity contribution in [2.45, 2.75) is 13.0 Å². The van der Waals surface area contributed by atoms with E-state index in [4.69, 9.17) is 23.2 Å². The van der Waals surface area contributed by atoms with Gasteiger partial charge < -0.3 is 5.32 Å². The molecule has 0 unspecified atom stereocenters. The van der Waals surface area contributed by atoms with Gasteiger partial charge in [0.05, 0.1) is 16.8 Å². The van der Waals surface area contributed by atoms with Gasteiger partial charge >= 0.3 is 0 Å². The maximum Gasteiger partial charge on any atom is 0.224 e. The van der Waals surface area contributed by atoms with Gasteiger partial charge in [0.15, 0.2) is 0 Å². The Bertz CT molecular complexity index is 580. The lowest BCUT2D eigenvalue weighted by Gasteiger charge is -2.07. The Hall–Kier alpha value is -0.550. The molecular formula is C13H10BrCl2NOS. The van der Waals surface area contributed by atoms with E-state index in [1.807, 2.05) is 12.1 Å². The second-order valence-corrected chi connectivity index (χ2v) is 7.22. The maximum absolute atomic E-state index is 11.9. The van der Waals surface area contributed by atoms with Crippen LogP contribution in [0.2, 0.25) is 10.0 Å². The molecule has 1 heterocycles. The lowest BCUT2D eigenvalue weighted by Crippen LogP contribution is -2.24. The quantitative estimate of drug-likeness (QED) is 0.822. The molecule has 0 aliphatic rings. The fraction of sp³-hybridized carbons (Fsp3) is 0.154. The summed E-state index contributed by atoms with van der Waals surface area (Å²) >= 11 is 17.0. The van der Waals surface area contributed by atoms with E-state index in [2.05, 4.69) is 21.2 Å². The van der Waals surface area contributed by atoms with Crippen LogP contribution in [0.5, 0.6) is 0 Å². The predicted octanol–water partition coefficient (Wildman–Crippen LogP) is 4.68. The Morgan fingerprint density at radius 2 is 1.89 bits per heavy atom. The van der Waals surface area contributed by atoms with Crippen LogP contribution in [0.25, 0.3) is 0 Å². The molecule has 2 aromatic rings. The molecule has 2 rings (SSSR count). The first-order valence-electron chi connectivity index (χ1n) is 5.50. The number of thiophene rings is 1. The van der Waals surface area contributed by atoms with E-state index >= 15 is 0 Å². The molecule has 0 atom stereocenters. The number of carbonyl (C=O) groups excluding carboxylic acids is 1. The highest BCUT2D eigenvalue weighted by atomic mass is 79.9. The highest BCUT2D eigenvalue weighted by Gasteiger charge is 2.10. The van der Waals surface area contributed by atoms with Gasteiger partial charge in [0.25, 0.3) is 0 Å². The van der Waals surface area contributed by atoms with Crippen LogP contribution in [0, 0.1) is 0 Å². The molecule has 0 saturated carbocycles. The summed E-state index contributed by atoms with van der Waals surface area (Å²) < 4.78 is 1.05. The van der Waals surface area contributed by atoms with Crippen LogP contribution in [0.1, 0.15) is 10.4 Å². The number of halogens is 3. The molecule has 19 heavy (non-hydrogen) atoms. The minimum atomic E-state index is -0.0977. The molecule has 100 valence electrons. The fourth-order valence-electron chi connectivity index (χ4n) is 1.56. The van der Waals surface area contributed by atoms with Gasteiger partial charge in [-0.15, -0.1) is 11.3 Å². The Balaban J connectivity index is 1.94. The van der Waals surface area contributed by atoms with Crippen molar-refractivity contribution in [1.82, 2.24) is 5.32 Å². The SMILES string of the molecule is O=C(Cc1c(Cl)cccc1Cl)NCc1ccc(Br)s1. The van der Waals surface area contributed by atoms with Crippen molar-refractivity contribution in [2.75, 3.05) is 0 Å². The van der Waals surface area contributed by atoms with E-state index in [1.165, 1.54) is 0 Å². The van der Waals surface area contributed by atoms with E-state index in [1.54, 1.807) is 29.5 Å². The Morgan fingerprint density at radius 1 is 1.21 bits per heavy atom. The third-order valence-electron chi connectivity index (χ3n) is 2.49. The number of amides is 1. The molecule has 0 saturated heterocycles. The third-order valence-corrected chi connectivity index (χ3v) is 4.82. The van der Waals surface area contributed by atoms with Crippen molar-refractivity contribution < 1.29 is 4.79 Å². The zero-order chi connectivity index (χ0) is 13.8. The van der Waals surface area contributed by atoms with E-state index in [-0.39, 0.29) is 12.3 Å². The minimum absolute atomic E-state index is 0.0977. The van der Waals surface area contributed by atoms with Gasteiger partial charge in [-0.1, -0.05) is 29.3 Å². The van der Waals surface area contributed by atoms with Gasteiger partial charge in [-0.2, -0.15) is 0 Å². The first-order valence-corrected chi connectivity index (χ1v) is 7.86. The number of hydrogen-bond acceptors (Lipinski definition) is 2. The average Bonchev–Trinajstić information content (AvgIpc) is 2.77. The van der Waals surface area contributed by atoms with Gasteiger partial charge in [-0.05, 0) is 45.8 Å². The van der Waals surface area contributed by atoms with E-state index in [0.29, 0.717) is 22.2 Å². The normalized spacial score (nSPS) is 10.5. The fourth-order valence-corrected chi connectivity index (χ4v) is 3.51. The summed E-state index contributed by atoms with van der Waals surface area (Å²) in [5.74, 6) is -0.0977. The zero-order valence-corrected chi connectivity index (χ0v) is 13.7. The summed E-state index contributed by atoms with van der Waals surface area (Å²) in [6.07, 6.45) is 0.186. The summed E-state index contributed by atoms with van der Waals surface area (Å²) in [5.41, 5.74) is 0.663. The van der Waals surface area contributed by atoms with Gasteiger partial charge in [0.1, 0.15) is 0 Å². The van der Waals surface area contributed by atoms with Crippen LogP contribution >= 0.6 is 50.5 Å². The van der Waals surface area contributed by atoms with Gasteiger partial charge in [0.2, 0.25) is 5.91 Å². The molecule has 0 aliphatic carbocycles. The van der Waals surface area contributed by atoms with Gasteiger partial charge in [-0.25, -0.2) is 0 Å². The highest BCUT2D eigenvalue weighted by molar-refractivity contribution is 9.11. The summed E-state index contributed by atoms with van der Waals surface area (Å²) in [4.78, 5) is 12.9. The van der Waals surface area contributed by atoms with Crippen LogP contribution in [0.15, 0.2) is 34.1 Å².